The first-order chi connectivity index (χ1) is 5.45. The molecule has 0 aromatic rings. The molecule has 0 radical (unpaired) electrons. The van der Waals surface area contributed by atoms with Gasteiger partial charge in [-0.15, -0.1) is 0 Å². The van der Waals surface area contributed by atoms with Crippen LogP contribution in [0.5, 0.6) is 0 Å². The topological polar surface area (TPSA) is 89.6 Å². The number of hydrogen-bond donors (Lipinski definition) is 2. The Labute approximate surface area is 70.5 Å². The zero-order valence-corrected chi connectivity index (χ0v) is 7.11. The first-order valence-corrected chi connectivity index (χ1v) is 3.60. The number of nitrogens with two attached hydrogens (primary N) is 1. The molecule has 70 valence electrons. The number of carbonyl (C=O) groups is 2. The van der Waals surface area contributed by atoms with Crippen molar-refractivity contribution < 1.29 is 19.4 Å². The Balaban J connectivity index is 3.80. The molecule has 0 spiro atoms. The molecule has 0 saturated carbocycles. The van der Waals surface area contributed by atoms with Gasteiger partial charge in [0.2, 0.25) is 6.04 Å². The Hall–Kier alpha value is -1.10. The number of carboxylic acid groups (broad SMARTS) is 1. The predicted molar refractivity (Wildman–Crippen MR) is 41.4 cm³/mol. The fraction of sp³-hybridized carbons (Fsp3) is 0.714. The van der Waals surface area contributed by atoms with Crippen LogP contribution in [-0.4, -0.2) is 29.7 Å². The standard InChI is InChI=1S/C7H13NO4/c1-4(2)3-12-7(11)5(8)6(9)10/h4-5H,3,8H2,1-2H3,(H,9,10). The maximum atomic E-state index is 10.8. The summed E-state index contributed by atoms with van der Waals surface area (Å²) >= 11 is 0. The van der Waals surface area contributed by atoms with Crippen molar-refractivity contribution in [2.24, 2.45) is 11.7 Å². The number of rotatable bonds is 4. The van der Waals surface area contributed by atoms with Crippen LogP contribution < -0.4 is 5.73 Å². The molecule has 0 bridgehead atoms. The van der Waals surface area contributed by atoms with E-state index in [9.17, 15) is 9.59 Å². The maximum absolute atomic E-state index is 10.8. The summed E-state index contributed by atoms with van der Waals surface area (Å²) in [6, 6.07) is -1.57. The first kappa shape index (κ1) is 10.9. The van der Waals surface area contributed by atoms with Crippen molar-refractivity contribution >= 4 is 11.9 Å². The summed E-state index contributed by atoms with van der Waals surface area (Å²) in [5.41, 5.74) is 4.97. The molecule has 0 fully saturated rings. The van der Waals surface area contributed by atoms with Gasteiger partial charge >= 0.3 is 11.9 Å². The predicted octanol–water partition coefficient (Wildman–Crippen LogP) is -0.402. The Morgan fingerprint density at radius 2 is 2.00 bits per heavy atom. The molecule has 3 N–H and O–H groups in total. The molecule has 1 unspecified atom stereocenters. The van der Waals surface area contributed by atoms with Gasteiger partial charge in [-0.2, -0.15) is 0 Å². The number of aliphatic carboxylic acids is 1. The van der Waals surface area contributed by atoms with Crippen LogP contribution in [0.3, 0.4) is 0 Å². The van der Waals surface area contributed by atoms with Gasteiger partial charge in [0, 0.05) is 0 Å². The minimum Gasteiger partial charge on any atom is -0.480 e. The van der Waals surface area contributed by atoms with Gasteiger partial charge in [0.05, 0.1) is 6.61 Å². The summed E-state index contributed by atoms with van der Waals surface area (Å²) in [6.45, 7) is 3.89. The quantitative estimate of drug-likeness (QED) is 0.448. The summed E-state index contributed by atoms with van der Waals surface area (Å²) in [4.78, 5) is 20.9. The summed E-state index contributed by atoms with van der Waals surface area (Å²) < 4.78 is 4.58. The zero-order valence-electron chi connectivity index (χ0n) is 7.11. The summed E-state index contributed by atoms with van der Waals surface area (Å²) in [5, 5.41) is 8.29. The van der Waals surface area contributed by atoms with Gasteiger partial charge < -0.3 is 15.6 Å². The van der Waals surface area contributed by atoms with Gasteiger partial charge in [0.25, 0.3) is 0 Å². The lowest BCUT2D eigenvalue weighted by atomic mass is 10.2. The number of carbonyl (C=O) groups excluding carboxylic acids is 1. The molecule has 12 heavy (non-hydrogen) atoms. The van der Waals surface area contributed by atoms with Gasteiger partial charge in [-0.3, -0.25) is 0 Å². The molecule has 5 nitrogen and oxygen atoms in total. The second-order valence-electron chi connectivity index (χ2n) is 2.84. The van der Waals surface area contributed by atoms with Crippen molar-refractivity contribution in [2.45, 2.75) is 19.9 Å². The molecule has 0 aliphatic carbocycles. The van der Waals surface area contributed by atoms with E-state index >= 15 is 0 Å². The highest BCUT2D eigenvalue weighted by atomic mass is 16.5. The average Bonchev–Trinajstić information content (AvgIpc) is 1.98. The van der Waals surface area contributed by atoms with Crippen LogP contribution in [0.15, 0.2) is 0 Å². The highest BCUT2D eigenvalue weighted by Gasteiger charge is 2.22. The van der Waals surface area contributed by atoms with E-state index in [1.165, 1.54) is 0 Å². The van der Waals surface area contributed by atoms with E-state index < -0.39 is 18.0 Å². The lowest BCUT2D eigenvalue weighted by Crippen LogP contribution is -2.40. The summed E-state index contributed by atoms with van der Waals surface area (Å²) in [5.74, 6) is -2.09. The third-order valence-electron chi connectivity index (χ3n) is 1.08. The fourth-order valence-corrected chi connectivity index (χ4v) is 0.439. The van der Waals surface area contributed by atoms with Gasteiger partial charge in [0.1, 0.15) is 0 Å². The Morgan fingerprint density at radius 1 is 1.50 bits per heavy atom. The third kappa shape index (κ3) is 3.92. The number of ether oxygens (including phenoxy) is 1. The third-order valence-corrected chi connectivity index (χ3v) is 1.08. The van der Waals surface area contributed by atoms with Gasteiger partial charge in [-0.1, -0.05) is 13.8 Å². The number of carboxylic acids is 1. The summed E-state index contributed by atoms with van der Waals surface area (Å²) in [7, 11) is 0. The van der Waals surface area contributed by atoms with Crippen LogP contribution in [0.4, 0.5) is 0 Å². The molecule has 0 saturated heterocycles. The van der Waals surface area contributed by atoms with Crippen molar-refractivity contribution in [1.29, 1.82) is 0 Å². The van der Waals surface area contributed by atoms with Crippen molar-refractivity contribution in [3.05, 3.63) is 0 Å². The molecule has 5 heteroatoms. The van der Waals surface area contributed by atoms with Crippen LogP contribution in [-0.2, 0) is 14.3 Å². The molecular weight excluding hydrogens is 162 g/mol. The van der Waals surface area contributed by atoms with E-state index in [2.05, 4.69) is 4.74 Å². The van der Waals surface area contributed by atoms with Crippen LogP contribution in [0.1, 0.15) is 13.8 Å². The second kappa shape index (κ2) is 4.71. The Kier molecular flexibility index (Phi) is 4.28. The Morgan fingerprint density at radius 3 is 2.33 bits per heavy atom. The van der Waals surface area contributed by atoms with Gasteiger partial charge in [-0.05, 0) is 5.92 Å². The lowest BCUT2D eigenvalue weighted by molar-refractivity contribution is -0.154. The molecule has 1 atom stereocenters. The van der Waals surface area contributed by atoms with Crippen molar-refractivity contribution in [2.75, 3.05) is 6.61 Å². The Bertz CT molecular complexity index is 178. The summed E-state index contributed by atoms with van der Waals surface area (Å²) in [6.07, 6.45) is 0. The van der Waals surface area contributed by atoms with Crippen LogP contribution in [0.2, 0.25) is 0 Å². The fourth-order valence-electron chi connectivity index (χ4n) is 0.439. The largest absolute Gasteiger partial charge is 0.480 e. The van der Waals surface area contributed by atoms with Crippen molar-refractivity contribution in [1.82, 2.24) is 0 Å². The first-order valence-electron chi connectivity index (χ1n) is 3.60. The maximum Gasteiger partial charge on any atom is 0.334 e. The van der Waals surface area contributed by atoms with Crippen molar-refractivity contribution in [3.8, 4) is 0 Å². The normalized spacial score (nSPS) is 12.7. The molecule has 0 rings (SSSR count). The highest BCUT2D eigenvalue weighted by molar-refractivity contribution is 5.97. The van der Waals surface area contributed by atoms with Gasteiger partial charge in [0.15, 0.2) is 0 Å². The number of hydrogen-bond acceptors (Lipinski definition) is 4. The van der Waals surface area contributed by atoms with Gasteiger partial charge in [-0.25, -0.2) is 9.59 Å². The van der Waals surface area contributed by atoms with Crippen LogP contribution >= 0.6 is 0 Å². The van der Waals surface area contributed by atoms with E-state index in [-0.39, 0.29) is 12.5 Å². The van der Waals surface area contributed by atoms with Crippen molar-refractivity contribution in [3.63, 3.8) is 0 Å². The number of esters is 1. The minimum absolute atomic E-state index is 0.176. The molecular formula is C7H13NO4. The monoisotopic (exact) mass is 175 g/mol. The smallest absolute Gasteiger partial charge is 0.334 e. The van der Waals surface area contributed by atoms with Crippen LogP contribution in [0.25, 0.3) is 0 Å². The molecule has 0 amide bonds. The molecule has 0 heterocycles. The average molecular weight is 175 g/mol. The molecule has 0 aliphatic heterocycles. The van der Waals surface area contributed by atoms with E-state index in [1.807, 2.05) is 13.8 Å². The van der Waals surface area contributed by atoms with E-state index in [0.717, 1.165) is 0 Å². The minimum atomic E-state index is -1.57. The second-order valence-corrected chi connectivity index (χ2v) is 2.84. The zero-order chi connectivity index (χ0) is 9.72. The molecule has 0 aromatic carbocycles. The molecule has 0 aliphatic rings. The molecule has 0 aromatic heterocycles. The van der Waals surface area contributed by atoms with E-state index in [4.69, 9.17) is 10.8 Å². The van der Waals surface area contributed by atoms with E-state index in [0.29, 0.717) is 0 Å². The lowest BCUT2D eigenvalue weighted by Gasteiger charge is -2.08. The van der Waals surface area contributed by atoms with E-state index in [1.54, 1.807) is 0 Å². The highest BCUT2D eigenvalue weighted by Crippen LogP contribution is 1.94. The van der Waals surface area contributed by atoms with Crippen LogP contribution in [0, 0.1) is 5.92 Å². The SMILES string of the molecule is CC(C)COC(=O)C(N)C(=O)O.